The average molecular weight is 424 g/mol. The van der Waals surface area contributed by atoms with E-state index in [4.69, 9.17) is 10.5 Å². The Bertz CT molecular complexity index is 943. The zero-order valence-corrected chi connectivity index (χ0v) is 17.0. The molecule has 1 fully saturated rings. The predicted molar refractivity (Wildman–Crippen MR) is 105 cm³/mol. The van der Waals surface area contributed by atoms with Gasteiger partial charge in [0, 0.05) is 5.56 Å². The Morgan fingerprint density at radius 3 is 2.50 bits per heavy atom. The lowest BCUT2D eigenvalue weighted by Crippen LogP contribution is -2.48. The number of nitrogens with zero attached hydrogens (tertiary/aromatic N) is 1. The molecule has 0 aliphatic carbocycles. The van der Waals surface area contributed by atoms with Gasteiger partial charge in [0.15, 0.2) is 0 Å². The molecule has 2 aromatic rings. The van der Waals surface area contributed by atoms with E-state index < -0.39 is 47.9 Å². The van der Waals surface area contributed by atoms with E-state index in [9.17, 15) is 18.0 Å². The van der Waals surface area contributed by atoms with Crippen molar-refractivity contribution in [2.24, 2.45) is 5.73 Å². The molecule has 2 atom stereocenters. The Labute approximate surface area is 172 Å². The number of ether oxygens (including phenoxy) is 1. The van der Waals surface area contributed by atoms with Crippen molar-refractivity contribution in [2.45, 2.75) is 50.8 Å². The van der Waals surface area contributed by atoms with Crippen molar-refractivity contribution >= 4 is 6.09 Å². The highest BCUT2D eigenvalue weighted by molar-refractivity contribution is 5.70. The van der Waals surface area contributed by atoms with E-state index in [1.54, 1.807) is 32.9 Å². The third-order valence-corrected chi connectivity index (χ3v) is 4.96. The van der Waals surface area contributed by atoms with Crippen LogP contribution in [0, 0.1) is 11.6 Å². The summed E-state index contributed by atoms with van der Waals surface area (Å²) in [6.07, 6.45) is -1.16. The van der Waals surface area contributed by atoms with Crippen molar-refractivity contribution in [3.8, 4) is 11.1 Å². The van der Waals surface area contributed by atoms with Gasteiger partial charge in [-0.05, 0) is 50.5 Å². The van der Waals surface area contributed by atoms with Crippen LogP contribution in [0.25, 0.3) is 11.1 Å². The minimum Gasteiger partial charge on any atom is -0.444 e. The Kier molecular flexibility index (Phi) is 5.82. The molecule has 0 radical (unpaired) electrons. The minimum atomic E-state index is -3.34. The number of carbonyl (C=O) groups excluding carboxylic acids is 1. The summed E-state index contributed by atoms with van der Waals surface area (Å²) in [6, 6.07) is 7.05. The van der Waals surface area contributed by atoms with Crippen molar-refractivity contribution in [2.75, 3.05) is 6.54 Å². The van der Waals surface area contributed by atoms with Crippen LogP contribution in [0.1, 0.15) is 26.3 Å². The van der Waals surface area contributed by atoms with Gasteiger partial charge in [0.25, 0.3) is 5.92 Å². The largest absolute Gasteiger partial charge is 0.444 e. The van der Waals surface area contributed by atoms with Gasteiger partial charge in [-0.3, -0.25) is 4.90 Å². The van der Waals surface area contributed by atoms with Crippen LogP contribution in [0.3, 0.4) is 0 Å². The SMILES string of the molecule is CC(C)(C)OC(=O)N1CC(F)(F)C(N)C1Cc1cccc(-c2cccc(F)c2)c1F. The van der Waals surface area contributed by atoms with E-state index in [0.717, 1.165) is 4.90 Å². The topological polar surface area (TPSA) is 55.6 Å². The quantitative estimate of drug-likeness (QED) is 0.723. The monoisotopic (exact) mass is 424 g/mol. The van der Waals surface area contributed by atoms with Crippen LogP contribution >= 0.6 is 0 Å². The smallest absolute Gasteiger partial charge is 0.410 e. The summed E-state index contributed by atoms with van der Waals surface area (Å²) in [7, 11) is 0. The second-order valence-corrected chi connectivity index (χ2v) is 8.46. The maximum absolute atomic E-state index is 15.2. The molecule has 4 nitrogen and oxygen atoms in total. The summed E-state index contributed by atoms with van der Waals surface area (Å²) >= 11 is 0. The van der Waals surface area contributed by atoms with Crippen LogP contribution in [0.4, 0.5) is 22.4 Å². The van der Waals surface area contributed by atoms with Gasteiger partial charge in [0.1, 0.15) is 17.2 Å². The van der Waals surface area contributed by atoms with Crippen molar-refractivity contribution in [3.63, 3.8) is 0 Å². The van der Waals surface area contributed by atoms with E-state index in [0.29, 0.717) is 5.56 Å². The highest BCUT2D eigenvalue weighted by Crippen LogP contribution is 2.35. The van der Waals surface area contributed by atoms with Gasteiger partial charge < -0.3 is 10.5 Å². The Balaban J connectivity index is 1.93. The molecule has 1 saturated heterocycles. The Morgan fingerprint density at radius 1 is 1.20 bits per heavy atom. The molecule has 30 heavy (non-hydrogen) atoms. The fraction of sp³-hybridized carbons (Fsp3) is 0.409. The molecule has 2 unspecified atom stereocenters. The zero-order valence-electron chi connectivity index (χ0n) is 17.0. The van der Waals surface area contributed by atoms with Gasteiger partial charge in [-0.1, -0.05) is 30.3 Å². The number of rotatable bonds is 3. The summed E-state index contributed by atoms with van der Waals surface area (Å²) in [4.78, 5) is 13.4. The molecule has 1 amide bonds. The van der Waals surface area contributed by atoms with Crippen LogP contribution in [0.15, 0.2) is 42.5 Å². The molecule has 3 rings (SSSR count). The molecule has 0 spiro atoms. The van der Waals surface area contributed by atoms with Crippen LogP contribution < -0.4 is 5.73 Å². The maximum Gasteiger partial charge on any atom is 0.410 e. The average Bonchev–Trinajstić information content (AvgIpc) is 2.86. The third kappa shape index (κ3) is 4.59. The molecule has 1 aliphatic rings. The lowest BCUT2D eigenvalue weighted by molar-refractivity contribution is -0.00942. The van der Waals surface area contributed by atoms with E-state index in [1.807, 2.05) is 0 Å². The fourth-order valence-electron chi connectivity index (χ4n) is 3.52. The molecule has 1 aliphatic heterocycles. The van der Waals surface area contributed by atoms with Crippen molar-refractivity contribution in [1.29, 1.82) is 0 Å². The summed E-state index contributed by atoms with van der Waals surface area (Å²) < 4.78 is 62.6. The van der Waals surface area contributed by atoms with Crippen LogP contribution in [-0.2, 0) is 11.2 Å². The van der Waals surface area contributed by atoms with Gasteiger partial charge >= 0.3 is 6.09 Å². The second-order valence-electron chi connectivity index (χ2n) is 8.46. The van der Waals surface area contributed by atoms with Crippen molar-refractivity contribution in [1.82, 2.24) is 4.90 Å². The number of alkyl halides is 2. The molecule has 1 heterocycles. The van der Waals surface area contributed by atoms with E-state index in [1.165, 1.54) is 30.3 Å². The fourth-order valence-corrected chi connectivity index (χ4v) is 3.52. The molecular formula is C22H24F4N2O2. The number of amides is 1. The first kappa shape index (κ1) is 22.1. The lowest BCUT2D eigenvalue weighted by Gasteiger charge is -2.29. The number of carbonyl (C=O) groups is 1. The first-order chi connectivity index (χ1) is 13.9. The highest BCUT2D eigenvalue weighted by Gasteiger charge is 2.55. The van der Waals surface area contributed by atoms with Crippen molar-refractivity contribution in [3.05, 3.63) is 59.7 Å². The van der Waals surface area contributed by atoms with Gasteiger partial charge in [-0.2, -0.15) is 0 Å². The number of nitrogens with two attached hydrogens (primary N) is 1. The van der Waals surface area contributed by atoms with Crippen LogP contribution in [0.2, 0.25) is 0 Å². The first-order valence-corrected chi connectivity index (χ1v) is 9.55. The normalized spacial score (nSPS) is 21.0. The molecule has 8 heteroatoms. The van der Waals surface area contributed by atoms with E-state index >= 15 is 4.39 Å². The minimum absolute atomic E-state index is 0.100. The maximum atomic E-state index is 15.2. The molecular weight excluding hydrogens is 400 g/mol. The van der Waals surface area contributed by atoms with E-state index in [2.05, 4.69) is 0 Å². The zero-order chi connectivity index (χ0) is 22.3. The molecule has 162 valence electrons. The first-order valence-electron chi connectivity index (χ1n) is 9.55. The van der Waals surface area contributed by atoms with Gasteiger partial charge in [0.05, 0.1) is 18.6 Å². The lowest BCUT2D eigenvalue weighted by atomic mass is 9.95. The number of hydrogen-bond donors (Lipinski definition) is 1. The number of benzene rings is 2. The summed E-state index contributed by atoms with van der Waals surface area (Å²) in [5.74, 6) is -4.53. The molecule has 2 N–H and O–H groups in total. The standard InChI is InChI=1S/C22H24F4N2O2/c1-21(2,3)30-20(29)28-12-22(25,26)19(27)17(28)11-14-7-5-9-16(18(14)24)13-6-4-8-15(23)10-13/h4-10,17,19H,11-12,27H2,1-3H3. The van der Waals surface area contributed by atoms with Gasteiger partial charge in [0.2, 0.25) is 0 Å². The second kappa shape index (κ2) is 7.91. The molecule has 2 aromatic carbocycles. The van der Waals surface area contributed by atoms with E-state index in [-0.39, 0.29) is 17.5 Å². The number of halogens is 4. The summed E-state index contributed by atoms with van der Waals surface area (Å²) in [5.41, 5.74) is 5.41. The summed E-state index contributed by atoms with van der Waals surface area (Å²) in [5, 5.41) is 0. The third-order valence-electron chi connectivity index (χ3n) is 4.96. The predicted octanol–water partition coefficient (Wildman–Crippen LogP) is 4.76. The Hall–Kier alpha value is -2.61. The van der Waals surface area contributed by atoms with Gasteiger partial charge in [-0.15, -0.1) is 0 Å². The molecule has 0 saturated carbocycles. The number of hydrogen-bond acceptors (Lipinski definition) is 3. The van der Waals surface area contributed by atoms with Gasteiger partial charge in [-0.25, -0.2) is 22.4 Å². The van der Waals surface area contributed by atoms with Crippen LogP contribution in [0.5, 0.6) is 0 Å². The molecule has 0 aromatic heterocycles. The Morgan fingerprint density at radius 2 is 1.87 bits per heavy atom. The van der Waals surface area contributed by atoms with Crippen LogP contribution in [-0.4, -0.2) is 41.1 Å². The van der Waals surface area contributed by atoms with Crippen molar-refractivity contribution < 1.29 is 27.1 Å². The highest BCUT2D eigenvalue weighted by atomic mass is 19.3. The summed E-state index contributed by atoms with van der Waals surface area (Å²) in [6.45, 7) is 3.96. The number of likely N-dealkylation sites (tertiary alicyclic amines) is 1. The molecule has 0 bridgehead atoms.